The molecule has 0 aliphatic heterocycles. The molecule has 108 valence electrons. The van der Waals surface area contributed by atoms with Gasteiger partial charge in [-0.15, -0.1) is 11.3 Å². The molecule has 0 aliphatic carbocycles. The van der Waals surface area contributed by atoms with E-state index in [-0.39, 0.29) is 0 Å². The molecule has 0 amide bonds. The van der Waals surface area contributed by atoms with Gasteiger partial charge in [0.2, 0.25) is 0 Å². The minimum atomic E-state index is -3.56. The molecule has 0 radical (unpaired) electrons. The van der Waals surface area contributed by atoms with E-state index in [9.17, 15) is 8.42 Å². The quantitative estimate of drug-likeness (QED) is 0.912. The van der Waals surface area contributed by atoms with Crippen LogP contribution in [0.25, 0.3) is 0 Å². The molecule has 1 aromatic carbocycles. The number of hydrogen-bond donors (Lipinski definition) is 2. The fourth-order valence-corrected chi connectivity index (χ4v) is 4.69. The van der Waals surface area contributed by atoms with E-state index in [0.29, 0.717) is 17.1 Å². The van der Waals surface area contributed by atoms with Crippen molar-refractivity contribution in [2.45, 2.75) is 32.2 Å². The normalized spacial score (nSPS) is 11.6. The van der Waals surface area contributed by atoms with Crippen molar-refractivity contribution < 1.29 is 8.42 Å². The highest BCUT2D eigenvalue weighted by molar-refractivity contribution is 7.93. The van der Waals surface area contributed by atoms with Crippen LogP contribution in [0.15, 0.2) is 29.2 Å². The van der Waals surface area contributed by atoms with E-state index in [1.54, 1.807) is 13.0 Å². The van der Waals surface area contributed by atoms with E-state index in [0.717, 1.165) is 20.9 Å². The van der Waals surface area contributed by atoms with Gasteiger partial charge in [-0.3, -0.25) is 4.72 Å². The van der Waals surface area contributed by atoms with Gasteiger partial charge in [0.05, 0.1) is 0 Å². The van der Waals surface area contributed by atoms with Crippen LogP contribution in [-0.2, 0) is 16.6 Å². The molecule has 4 nitrogen and oxygen atoms in total. The maximum Gasteiger partial charge on any atom is 0.263 e. The number of hydrogen-bond acceptors (Lipinski definition) is 4. The van der Waals surface area contributed by atoms with Gasteiger partial charge in [-0.05, 0) is 50.1 Å². The molecule has 0 saturated heterocycles. The van der Waals surface area contributed by atoms with Crippen molar-refractivity contribution in [2.75, 3.05) is 4.72 Å². The molecule has 3 N–H and O–H groups in total. The van der Waals surface area contributed by atoms with Gasteiger partial charge in [-0.25, -0.2) is 8.42 Å². The highest BCUT2D eigenvalue weighted by atomic mass is 32.2. The van der Waals surface area contributed by atoms with Gasteiger partial charge in [0.15, 0.2) is 0 Å². The Balaban J connectivity index is 2.37. The molecule has 20 heavy (non-hydrogen) atoms. The van der Waals surface area contributed by atoms with Gasteiger partial charge in [0.1, 0.15) is 4.90 Å². The van der Waals surface area contributed by atoms with Crippen LogP contribution in [-0.4, -0.2) is 8.42 Å². The predicted octanol–water partition coefficient (Wildman–Crippen LogP) is 2.93. The van der Waals surface area contributed by atoms with Gasteiger partial charge < -0.3 is 5.73 Å². The molecule has 1 aromatic heterocycles. The lowest BCUT2D eigenvalue weighted by Crippen LogP contribution is -2.13. The van der Waals surface area contributed by atoms with E-state index in [4.69, 9.17) is 5.73 Å². The van der Waals surface area contributed by atoms with Crippen LogP contribution in [0.5, 0.6) is 0 Å². The number of aryl methyl sites for hydroxylation is 3. The molecule has 0 bridgehead atoms. The maximum absolute atomic E-state index is 12.4. The van der Waals surface area contributed by atoms with Gasteiger partial charge >= 0.3 is 0 Å². The lowest BCUT2D eigenvalue weighted by Gasteiger charge is -2.09. The Bertz CT molecular complexity index is 713. The van der Waals surface area contributed by atoms with Crippen LogP contribution in [0, 0.1) is 20.8 Å². The van der Waals surface area contributed by atoms with Crippen molar-refractivity contribution in [3.05, 3.63) is 45.1 Å². The third-order valence-corrected chi connectivity index (χ3v) is 5.60. The molecule has 1 heterocycles. The molecular weight excluding hydrogens is 292 g/mol. The summed E-state index contributed by atoms with van der Waals surface area (Å²) < 4.78 is 27.5. The van der Waals surface area contributed by atoms with Crippen LogP contribution in [0.3, 0.4) is 0 Å². The summed E-state index contributed by atoms with van der Waals surface area (Å²) in [5.41, 5.74) is 8.19. The van der Waals surface area contributed by atoms with Crippen LogP contribution in [0.2, 0.25) is 0 Å². The summed E-state index contributed by atoms with van der Waals surface area (Å²) in [6.45, 7) is 6.02. The largest absolute Gasteiger partial charge is 0.326 e. The average Bonchev–Trinajstić information content (AvgIpc) is 2.69. The summed E-state index contributed by atoms with van der Waals surface area (Å²) in [5, 5.41) is 0. The number of benzene rings is 1. The molecule has 0 unspecified atom stereocenters. The van der Waals surface area contributed by atoms with Gasteiger partial charge in [0, 0.05) is 22.0 Å². The summed E-state index contributed by atoms with van der Waals surface area (Å²) in [6.07, 6.45) is 0. The number of thiophene rings is 1. The second-order valence-corrected chi connectivity index (χ2v) is 7.81. The fourth-order valence-electron chi connectivity index (χ4n) is 2.14. The van der Waals surface area contributed by atoms with Crippen LogP contribution < -0.4 is 10.5 Å². The molecule has 0 spiro atoms. The Labute approximate surface area is 123 Å². The molecule has 2 rings (SSSR count). The summed E-state index contributed by atoms with van der Waals surface area (Å²) in [6, 6.07) is 7.28. The third-order valence-electron chi connectivity index (χ3n) is 2.89. The zero-order valence-corrected chi connectivity index (χ0v) is 13.4. The molecule has 6 heteroatoms. The predicted molar refractivity (Wildman–Crippen MR) is 83.7 cm³/mol. The first kappa shape index (κ1) is 15.0. The van der Waals surface area contributed by atoms with E-state index >= 15 is 0 Å². The monoisotopic (exact) mass is 310 g/mol. The minimum absolute atomic E-state index is 0.308. The Morgan fingerprint density at radius 3 is 2.20 bits per heavy atom. The summed E-state index contributed by atoms with van der Waals surface area (Å²) in [4.78, 5) is 1.92. The second-order valence-electron chi connectivity index (χ2n) is 4.82. The van der Waals surface area contributed by atoms with E-state index < -0.39 is 10.0 Å². The first-order valence-electron chi connectivity index (χ1n) is 6.22. The number of nitrogens with two attached hydrogens (primary N) is 1. The number of rotatable bonds is 4. The van der Waals surface area contributed by atoms with Gasteiger partial charge in [-0.1, -0.05) is 6.07 Å². The third kappa shape index (κ3) is 3.20. The zero-order chi connectivity index (χ0) is 14.9. The zero-order valence-electron chi connectivity index (χ0n) is 11.7. The minimum Gasteiger partial charge on any atom is -0.326 e. The second kappa shape index (κ2) is 5.55. The first-order chi connectivity index (χ1) is 9.31. The lowest BCUT2D eigenvalue weighted by molar-refractivity contribution is 0.601. The van der Waals surface area contributed by atoms with Crippen molar-refractivity contribution >= 4 is 27.0 Å². The number of nitrogens with one attached hydrogen (secondary N) is 1. The van der Waals surface area contributed by atoms with E-state index in [1.165, 1.54) is 11.3 Å². The molecule has 0 fully saturated rings. The Morgan fingerprint density at radius 2 is 1.70 bits per heavy atom. The Morgan fingerprint density at radius 1 is 1.10 bits per heavy atom. The molecule has 0 atom stereocenters. The maximum atomic E-state index is 12.4. The number of sulfonamides is 1. The topological polar surface area (TPSA) is 72.2 Å². The van der Waals surface area contributed by atoms with E-state index in [2.05, 4.69) is 4.72 Å². The van der Waals surface area contributed by atoms with Gasteiger partial charge in [0.25, 0.3) is 10.0 Å². The van der Waals surface area contributed by atoms with Crippen molar-refractivity contribution in [3.63, 3.8) is 0 Å². The van der Waals surface area contributed by atoms with Crippen molar-refractivity contribution in [1.29, 1.82) is 0 Å². The first-order valence-corrected chi connectivity index (χ1v) is 8.52. The van der Waals surface area contributed by atoms with Crippen molar-refractivity contribution in [1.82, 2.24) is 0 Å². The van der Waals surface area contributed by atoms with Crippen LogP contribution in [0.1, 0.15) is 20.9 Å². The highest BCUT2D eigenvalue weighted by Gasteiger charge is 2.19. The van der Waals surface area contributed by atoms with Crippen LogP contribution in [0.4, 0.5) is 5.69 Å². The smallest absolute Gasteiger partial charge is 0.263 e. The molecule has 0 saturated carbocycles. The summed E-state index contributed by atoms with van der Waals surface area (Å²) >= 11 is 1.41. The van der Waals surface area contributed by atoms with Gasteiger partial charge in [-0.2, -0.15) is 0 Å². The lowest BCUT2D eigenvalue weighted by atomic mass is 10.1. The SMILES string of the molecule is Cc1cc(C)cc(NS(=O)(=O)c2cc(CN)sc2C)c1. The fraction of sp³-hybridized carbons (Fsp3) is 0.286. The average molecular weight is 310 g/mol. The Kier molecular flexibility index (Phi) is 4.17. The highest BCUT2D eigenvalue weighted by Crippen LogP contribution is 2.27. The standard InChI is InChI=1S/C14H18N2O2S2/c1-9-4-10(2)6-12(5-9)16-20(17,18)14-7-13(8-15)19-11(14)3/h4-7,16H,8,15H2,1-3H3. The summed E-state index contributed by atoms with van der Waals surface area (Å²) in [7, 11) is -3.56. The molecule has 2 aromatic rings. The molecular formula is C14H18N2O2S2. The molecule has 0 aliphatic rings. The summed E-state index contributed by atoms with van der Waals surface area (Å²) in [5.74, 6) is 0. The van der Waals surface area contributed by atoms with Crippen LogP contribution >= 0.6 is 11.3 Å². The Hall–Kier alpha value is -1.37. The number of anilines is 1. The van der Waals surface area contributed by atoms with Crippen molar-refractivity contribution in [2.24, 2.45) is 5.73 Å². The van der Waals surface area contributed by atoms with Crippen molar-refractivity contribution in [3.8, 4) is 0 Å². The van der Waals surface area contributed by atoms with E-state index in [1.807, 2.05) is 32.0 Å².